The van der Waals surface area contributed by atoms with E-state index in [1.165, 1.54) is 44.4 Å². The Bertz CT molecular complexity index is 836. The molecule has 0 bridgehead atoms. The molecular formula is C15H14ClNO5S. The Morgan fingerprint density at radius 3 is 2.43 bits per heavy atom. The van der Waals surface area contributed by atoms with Gasteiger partial charge in [0.1, 0.15) is 10.6 Å². The predicted octanol–water partition coefficient (Wildman–Crippen LogP) is 3.07. The highest BCUT2D eigenvalue weighted by Crippen LogP contribution is 2.30. The molecule has 2 aromatic rings. The average molecular weight is 356 g/mol. The Kier molecular flexibility index (Phi) is 5.12. The van der Waals surface area contributed by atoms with E-state index in [0.717, 1.165) is 0 Å². The smallest absolute Gasteiger partial charge is 0.339 e. The van der Waals surface area contributed by atoms with Gasteiger partial charge in [-0.05, 0) is 30.3 Å². The topological polar surface area (TPSA) is 81.7 Å². The molecule has 0 spiro atoms. The van der Waals surface area contributed by atoms with E-state index in [1.54, 1.807) is 12.1 Å². The van der Waals surface area contributed by atoms with E-state index in [9.17, 15) is 13.2 Å². The van der Waals surface area contributed by atoms with Crippen molar-refractivity contribution in [1.82, 2.24) is 0 Å². The van der Waals surface area contributed by atoms with Crippen molar-refractivity contribution in [2.45, 2.75) is 11.8 Å². The summed E-state index contributed by atoms with van der Waals surface area (Å²) in [6.45, 7) is 1.31. The summed E-state index contributed by atoms with van der Waals surface area (Å²) in [6, 6.07) is 10.2. The maximum atomic E-state index is 12.4. The molecule has 8 heteroatoms. The van der Waals surface area contributed by atoms with Gasteiger partial charge in [0.05, 0.1) is 17.8 Å². The van der Waals surface area contributed by atoms with Gasteiger partial charge in [-0.25, -0.2) is 0 Å². The van der Waals surface area contributed by atoms with Crippen molar-refractivity contribution in [3.05, 3.63) is 47.5 Å². The first-order chi connectivity index (χ1) is 10.8. The first kappa shape index (κ1) is 17.1. The van der Waals surface area contributed by atoms with E-state index >= 15 is 0 Å². The van der Waals surface area contributed by atoms with Crippen LogP contribution in [0.5, 0.6) is 11.5 Å². The molecule has 23 heavy (non-hydrogen) atoms. The van der Waals surface area contributed by atoms with Gasteiger partial charge in [-0.2, -0.15) is 8.42 Å². The Hall–Kier alpha value is -2.25. The normalized spacial score (nSPS) is 10.9. The zero-order chi connectivity index (χ0) is 17.0. The summed E-state index contributed by atoms with van der Waals surface area (Å²) < 4.78 is 34.8. The molecular weight excluding hydrogens is 342 g/mol. The number of ether oxygens (including phenoxy) is 1. The molecule has 0 atom stereocenters. The molecule has 0 unspecified atom stereocenters. The standard InChI is InChI=1S/C15H14ClNO5S/c1-10(18)17-13-5-3-4-6-15(13)22-23(19,20)11-7-8-14(21-2)12(16)9-11/h3-9H,1-2H3,(H,17,18). The van der Waals surface area contributed by atoms with E-state index in [4.69, 9.17) is 20.5 Å². The van der Waals surface area contributed by atoms with Gasteiger partial charge in [0.15, 0.2) is 5.75 Å². The van der Waals surface area contributed by atoms with Crippen LogP contribution in [0.1, 0.15) is 6.92 Å². The quantitative estimate of drug-likeness (QED) is 0.833. The maximum Gasteiger partial charge on any atom is 0.339 e. The SMILES string of the molecule is COc1ccc(S(=O)(=O)Oc2ccccc2NC(C)=O)cc1Cl. The fourth-order valence-corrected chi connectivity index (χ4v) is 3.10. The average Bonchev–Trinajstić information content (AvgIpc) is 2.48. The lowest BCUT2D eigenvalue weighted by Gasteiger charge is -2.12. The number of anilines is 1. The van der Waals surface area contributed by atoms with Crippen LogP contribution in [0.3, 0.4) is 0 Å². The molecule has 6 nitrogen and oxygen atoms in total. The Morgan fingerprint density at radius 2 is 1.83 bits per heavy atom. The molecule has 122 valence electrons. The minimum absolute atomic E-state index is 0.00893. The maximum absolute atomic E-state index is 12.4. The fraction of sp³-hybridized carbons (Fsp3) is 0.133. The number of halogens is 1. The number of amides is 1. The zero-order valence-electron chi connectivity index (χ0n) is 12.4. The molecule has 2 rings (SSSR count). The van der Waals surface area contributed by atoms with Crippen LogP contribution in [0, 0.1) is 0 Å². The molecule has 0 aromatic heterocycles. The second-order valence-corrected chi connectivity index (χ2v) is 6.46. The van der Waals surface area contributed by atoms with Crippen molar-refractivity contribution in [3.63, 3.8) is 0 Å². The van der Waals surface area contributed by atoms with Gasteiger partial charge < -0.3 is 14.2 Å². The minimum Gasteiger partial charge on any atom is -0.495 e. The van der Waals surface area contributed by atoms with Gasteiger partial charge in [0, 0.05) is 6.92 Å². The number of carbonyl (C=O) groups excluding carboxylic acids is 1. The van der Waals surface area contributed by atoms with Gasteiger partial charge >= 0.3 is 10.1 Å². The lowest BCUT2D eigenvalue weighted by Crippen LogP contribution is -2.13. The second-order valence-electron chi connectivity index (χ2n) is 4.51. The van der Waals surface area contributed by atoms with Gasteiger partial charge in [-0.15, -0.1) is 0 Å². The molecule has 1 amide bonds. The fourth-order valence-electron chi connectivity index (χ4n) is 1.80. The Balaban J connectivity index is 2.35. The Labute approximate surface area is 139 Å². The Morgan fingerprint density at radius 1 is 1.13 bits per heavy atom. The van der Waals surface area contributed by atoms with E-state index in [-0.39, 0.29) is 27.3 Å². The third kappa shape index (κ3) is 4.14. The van der Waals surface area contributed by atoms with Gasteiger partial charge in [-0.3, -0.25) is 4.79 Å². The van der Waals surface area contributed by atoms with Crippen LogP contribution in [0.4, 0.5) is 5.69 Å². The first-order valence-corrected chi connectivity index (χ1v) is 8.27. The monoisotopic (exact) mass is 355 g/mol. The van der Waals surface area contributed by atoms with Gasteiger partial charge in [0.25, 0.3) is 0 Å². The molecule has 0 heterocycles. The zero-order valence-corrected chi connectivity index (χ0v) is 13.9. The molecule has 1 N–H and O–H groups in total. The van der Waals surface area contributed by atoms with Crippen LogP contribution in [0.25, 0.3) is 0 Å². The highest BCUT2D eigenvalue weighted by atomic mass is 35.5. The van der Waals surface area contributed by atoms with Crippen molar-refractivity contribution in [3.8, 4) is 11.5 Å². The van der Waals surface area contributed by atoms with Crippen LogP contribution in [0.2, 0.25) is 5.02 Å². The largest absolute Gasteiger partial charge is 0.495 e. The van der Waals surface area contributed by atoms with Crippen molar-refractivity contribution in [2.24, 2.45) is 0 Å². The summed E-state index contributed by atoms with van der Waals surface area (Å²) >= 11 is 5.94. The van der Waals surface area contributed by atoms with Crippen LogP contribution in [0.15, 0.2) is 47.4 Å². The predicted molar refractivity (Wildman–Crippen MR) is 86.6 cm³/mol. The second kappa shape index (κ2) is 6.89. The van der Waals surface area contributed by atoms with E-state index in [0.29, 0.717) is 5.75 Å². The molecule has 0 saturated carbocycles. The van der Waals surface area contributed by atoms with E-state index in [1.807, 2.05) is 0 Å². The highest BCUT2D eigenvalue weighted by Gasteiger charge is 2.20. The van der Waals surface area contributed by atoms with Crippen LogP contribution < -0.4 is 14.2 Å². The summed E-state index contributed by atoms with van der Waals surface area (Å²) in [5.41, 5.74) is 0.253. The van der Waals surface area contributed by atoms with Crippen LogP contribution >= 0.6 is 11.6 Å². The van der Waals surface area contributed by atoms with Crippen molar-refractivity contribution in [2.75, 3.05) is 12.4 Å². The van der Waals surface area contributed by atoms with E-state index in [2.05, 4.69) is 5.32 Å². The third-order valence-corrected chi connectivity index (χ3v) is 4.33. The molecule has 0 fully saturated rings. The summed E-state index contributed by atoms with van der Waals surface area (Å²) in [6.07, 6.45) is 0. The number of para-hydroxylation sites is 2. The lowest BCUT2D eigenvalue weighted by atomic mass is 10.3. The third-order valence-electron chi connectivity index (χ3n) is 2.81. The van der Waals surface area contributed by atoms with Crippen LogP contribution in [-0.4, -0.2) is 21.4 Å². The lowest BCUT2D eigenvalue weighted by molar-refractivity contribution is -0.114. The number of hydrogen-bond donors (Lipinski definition) is 1. The van der Waals surface area contributed by atoms with Gasteiger partial charge in [0.2, 0.25) is 5.91 Å². The number of carbonyl (C=O) groups is 1. The number of methoxy groups -OCH3 is 1. The minimum atomic E-state index is -4.11. The summed E-state index contributed by atoms with van der Waals surface area (Å²) in [5.74, 6) is 0.0184. The number of hydrogen-bond acceptors (Lipinski definition) is 5. The van der Waals surface area contributed by atoms with Crippen molar-refractivity contribution in [1.29, 1.82) is 0 Å². The highest BCUT2D eigenvalue weighted by molar-refractivity contribution is 7.87. The molecule has 0 radical (unpaired) electrons. The van der Waals surface area contributed by atoms with Crippen LogP contribution in [-0.2, 0) is 14.9 Å². The van der Waals surface area contributed by atoms with E-state index < -0.39 is 10.1 Å². The first-order valence-electron chi connectivity index (χ1n) is 6.48. The van der Waals surface area contributed by atoms with Crippen molar-refractivity contribution < 1.29 is 22.1 Å². The molecule has 0 saturated heterocycles. The van der Waals surface area contributed by atoms with Gasteiger partial charge in [-0.1, -0.05) is 23.7 Å². The number of rotatable bonds is 5. The number of benzene rings is 2. The summed E-state index contributed by atoms with van der Waals surface area (Å²) in [5, 5.41) is 2.65. The van der Waals surface area contributed by atoms with Crippen molar-refractivity contribution >= 4 is 33.3 Å². The molecule has 0 aliphatic carbocycles. The molecule has 2 aromatic carbocycles. The summed E-state index contributed by atoms with van der Waals surface area (Å²) in [7, 11) is -2.68. The summed E-state index contributed by atoms with van der Waals surface area (Å²) in [4.78, 5) is 11.0. The molecule has 0 aliphatic heterocycles. The number of nitrogens with one attached hydrogen (secondary N) is 1. The molecule has 0 aliphatic rings.